The Kier molecular flexibility index (Phi) is 16.5. The van der Waals surface area contributed by atoms with E-state index in [1.807, 2.05) is 6.92 Å². The lowest BCUT2D eigenvalue weighted by atomic mass is 9.71. The van der Waals surface area contributed by atoms with E-state index in [1.54, 1.807) is 7.05 Å². The maximum Gasteiger partial charge on any atom is 0.253 e. The third kappa shape index (κ3) is 11.0. The minimum atomic E-state index is -2.29. The molecule has 3 amide bonds. The average molecular weight is 1050 g/mol. The normalized spacial score (nSPS) is 26.0. The number of carbonyl (C=O) groups excluding carboxylic acids is 6. The molecule has 1 aromatic heterocycles. The lowest BCUT2D eigenvalue weighted by Crippen LogP contribution is -2.55. The highest BCUT2D eigenvalue weighted by molar-refractivity contribution is 6.31. The molecule has 5 heterocycles. The van der Waals surface area contributed by atoms with Crippen molar-refractivity contribution in [3.63, 3.8) is 0 Å². The fraction of sp³-hybridized carbons (Fsp3) is 0.560. The van der Waals surface area contributed by atoms with Gasteiger partial charge in [-0.2, -0.15) is 0 Å². The zero-order valence-corrected chi connectivity index (χ0v) is 41.9. The summed E-state index contributed by atoms with van der Waals surface area (Å²) in [6.45, 7) is 3.61. The van der Waals surface area contributed by atoms with Crippen molar-refractivity contribution in [2.24, 2.45) is 0 Å². The van der Waals surface area contributed by atoms with E-state index in [1.165, 1.54) is 60.3 Å². The minimum absolute atomic E-state index is 0.0307. The van der Waals surface area contributed by atoms with Crippen molar-refractivity contribution in [3.05, 3.63) is 75.6 Å². The highest BCUT2D eigenvalue weighted by Crippen LogP contribution is 2.53. The Labute approximate surface area is 430 Å². The molecule has 9 rings (SSSR count). The van der Waals surface area contributed by atoms with Gasteiger partial charge in [-0.15, -0.1) is 5.10 Å². The molecule has 0 bridgehead atoms. The fourth-order valence-electron chi connectivity index (χ4n) is 10.3. The number of morpholine rings is 1. The molecule has 0 radical (unpaired) electrons. The molecule has 0 unspecified atom stereocenters. The lowest BCUT2D eigenvalue weighted by Gasteiger charge is -2.43. The predicted molar refractivity (Wildman–Crippen MR) is 252 cm³/mol. The minimum Gasteiger partial charge on any atom is -0.507 e. The number of nitrogens with zero attached hydrogens (tertiary/aromatic N) is 6. The number of benzene rings is 2. The number of Topliss-reactive ketones (excluding diaryl/α,β-unsaturated/α-hetero) is 1. The maximum atomic E-state index is 14.4. The third-order valence-corrected chi connectivity index (χ3v) is 14.2. The van der Waals surface area contributed by atoms with Crippen molar-refractivity contribution in [2.75, 3.05) is 93.8 Å². The Bertz CT molecular complexity index is 2700. The van der Waals surface area contributed by atoms with E-state index in [-0.39, 0.29) is 130 Å². The van der Waals surface area contributed by atoms with Gasteiger partial charge in [0.2, 0.25) is 11.7 Å². The molecule has 3 saturated heterocycles. The second-order valence-corrected chi connectivity index (χ2v) is 18.8. The third-order valence-electron chi connectivity index (χ3n) is 14.2. The first kappa shape index (κ1) is 53.7. The molecule has 4 aliphatic heterocycles. The Morgan fingerprint density at radius 3 is 2.39 bits per heavy atom. The van der Waals surface area contributed by atoms with Crippen molar-refractivity contribution in [3.8, 4) is 17.2 Å². The second-order valence-electron chi connectivity index (χ2n) is 18.8. The van der Waals surface area contributed by atoms with E-state index in [0.29, 0.717) is 18.8 Å². The van der Waals surface area contributed by atoms with E-state index >= 15 is 0 Å². The van der Waals surface area contributed by atoms with Crippen molar-refractivity contribution >= 4 is 35.1 Å². The summed E-state index contributed by atoms with van der Waals surface area (Å²) in [7, 11) is 4.46. The lowest BCUT2D eigenvalue weighted by molar-refractivity contribution is -0.256. The number of carbonyl (C=O) groups is 6. The van der Waals surface area contributed by atoms with Crippen LogP contribution < -0.4 is 4.74 Å². The molecular weight excluding hydrogens is 989 g/mol. The van der Waals surface area contributed by atoms with E-state index in [4.69, 9.17) is 47.4 Å². The number of amides is 3. The van der Waals surface area contributed by atoms with Gasteiger partial charge in [-0.05, 0) is 13.0 Å². The van der Waals surface area contributed by atoms with Crippen LogP contribution in [0.4, 0.5) is 0 Å². The van der Waals surface area contributed by atoms with Gasteiger partial charge in [-0.25, -0.2) is 4.68 Å². The van der Waals surface area contributed by atoms with Gasteiger partial charge in [0.1, 0.15) is 47.8 Å². The highest BCUT2D eigenvalue weighted by atomic mass is 16.7. The Morgan fingerprint density at radius 1 is 0.907 bits per heavy atom. The first-order valence-electron chi connectivity index (χ1n) is 24.6. The number of ether oxygens (including phenoxy) is 10. The van der Waals surface area contributed by atoms with Crippen LogP contribution in [0, 0.1) is 0 Å². The molecule has 404 valence electrons. The van der Waals surface area contributed by atoms with Gasteiger partial charge in [-0.3, -0.25) is 38.6 Å². The number of fused-ring (bicyclic) bond motifs is 6. The first-order chi connectivity index (χ1) is 36.1. The standard InChI is InChI=1S/C50H60N6O19/c1-27-47-31(55-12-15-72-49(67-4)48(55)75-47)20-38(73-27)74-33-22-50(65,21-30-40(33)46(64)42-41(44(30)62)43(61)29-6-5-7-32(66-3)39(29)45(42)63)34(57)24-54-23-28(51-52-54)25-70-13-10-53(2)37(60)26-71-19-18-69-17-16-68-14-11-56-35(58)8-9-36(56)59/h5-9,23,27,31,33,38,47-49,62,64-65H,10-22,24-26H2,1-4H3/t27-,31-,33-,38-,47+,48+,49-,50-/m0/s1. The summed E-state index contributed by atoms with van der Waals surface area (Å²) in [4.78, 5) is 83.1. The number of aromatic hydroxyl groups is 2. The van der Waals surface area contributed by atoms with Crippen LogP contribution in [0.2, 0.25) is 0 Å². The number of rotatable bonds is 23. The largest absolute Gasteiger partial charge is 0.507 e. The van der Waals surface area contributed by atoms with Gasteiger partial charge in [0, 0.05) is 81.4 Å². The van der Waals surface area contributed by atoms with Crippen molar-refractivity contribution in [1.29, 1.82) is 0 Å². The van der Waals surface area contributed by atoms with E-state index < -0.39 is 96.0 Å². The molecule has 6 aliphatic rings. The van der Waals surface area contributed by atoms with Crippen molar-refractivity contribution in [1.82, 2.24) is 29.7 Å². The van der Waals surface area contributed by atoms with Crippen LogP contribution in [-0.4, -0.2) is 216 Å². The number of aliphatic hydroxyl groups is 1. The number of phenolic OH excluding ortho intramolecular Hbond substituents is 2. The Morgan fingerprint density at radius 2 is 1.64 bits per heavy atom. The molecule has 2 aromatic carbocycles. The van der Waals surface area contributed by atoms with E-state index in [0.717, 1.165) is 4.90 Å². The molecule has 25 nitrogen and oxygen atoms in total. The molecular formula is C50H60N6O19. The number of hydrogen-bond acceptors (Lipinski definition) is 22. The number of hydrogen-bond donors (Lipinski definition) is 3. The van der Waals surface area contributed by atoms with Crippen LogP contribution in [0.1, 0.15) is 74.5 Å². The van der Waals surface area contributed by atoms with Gasteiger partial charge in [0.25, 0.3) is 11.8 Å². The van der Waals surface area contributed by atoms with Crippen LogP contribution >= 0.6 is 0 Å². The number of phenols is 2. The molecule has 0 saturated carbocycles. The van der Waals surface area contributed by atoms with Crippen LogP contribution in [0.15, 0.2) is 36.5 Å². The summed E-state index contributed by atoms with van der Waals surface area (Å²) in [6.07, 6.45) is -1.35. The second kappa shape index (κ2) is 23.0. The summed E-state index contributed by atoms with van der Waals surface area (Å²) in [6, 6.07) is 4.20. The monoisotopic (exact) mass is 1050 g/mol. The SMILES string of the molecule is COc1cccc2c1C(=O)c1c(O)c3c(c(O)c1C2=O)C[C@@](O)(C(=O)Cn1cc(COCCN(C)C(=O)COCCOCCOCCN2C(=O)C=CC2=O)nn1)C[C@@H]3O[C@H]1C[C@H]2[C@H](O[C@@H]3[C@@H](OC)OCCN32)[C@H](C)O1. The molecule has 75 heavy (non-hydrogen) atoms. The first-order valence-corrected chi connectivity index (χ1v) is 24.6. The summed E-state index contributed by atoms with van der Waals surface area (Å²) < 4.78 is 59.3. The summed E-state index contributed by atoms with van der Waals surface area (Å²) in [5.41, 5.74) is -3.29. The Balaban J connectivity index is 0.808. The van der Waals surface area contributed by atoms with Gasteiger partial charge < -0.3 is 67.6 Å². The van der Waals surface area contributed by atoms with Crippen molar-refractivity contribution in [2.45, 2.75) is 88.1 Å². The molecule has 3 N–H and O–H groups in total. The maximum absolute atomic E-state index is 14.4. The molecule has 8 atom stereocenters. The highest BCUT2D eigenvalue weighted by Gasteiger charge is 2.55. The van der Waals surface area contributed by atoms with E-state index in [2.05, 4.69) is 15.2 Å². The van der Waals surface area contributed by atoms with Crippen LogP contribution in [0.5, 0.6) is 17.2 Å². The number of aromatic nitrogens is 3. The Hall–Kier alpha value is -6.10. The number of likely N-dealkylation sites (N-methyl/N-ethyl adjacent to an activating group) is 1. The summed E-state index contributed by atoms with van der Waals surface area (Å²) in [5.74, 6) is -4.59. The van der Waals surface area contributed by atoms with Gasteiger partial charge in [-0.1, -0.05) is 17.3 Å². The fourth-order valence-corrected chi connectivity index (χ4v) is 10.3. The number of methoxy groups -OCH3 is 2. The number of imide groups is 1. The number of ketones is 3. The smallest absolute Gasteiger partial charge is 0.253 e. The predicted octanol–water partition coefficient (Wildman–Crippen LogP) is -0.0395. The van der Waals surface area contributed by atoms with Gasteiger partial charge >= 0.3 is 0 Å². The zero-order valence-electron chi connectivity index (χ0n) is 41.9. The molecule has 25 heteroatoms. The average Bonchev–Trinajstić information content (AvgIpc) is 4.12. The quantitative estimate of drug-likeness (QED) is 0.0499. The molecule has 2 aliphatic carbocycles. The van der Waals surface area contributed by atoms with Gasteiger partial charge in [0.15, 0.2) is 30.4 Å². The molecule has 0 spiro atoms. The van der Waals surface area contributed by atoms with Crippen LogP contribution in [0.3, 0.4) is 0 Å². The summed E-state index contributed by atoms with van der Waals surface area (Å²) in [5, 5.41) is 44.8. The topological polar surface area (TPSA) is 296 Å². The van der Waals surface area contributed by atoms with E-state index in [9.17, 15) is 44.1 Å². The van der Waals surface area contributed by atoms with Gasteiger partial charge in [0.05, 0.1) is 102 Å². The van der Waals surface area contributed by atoms with Crippen molar-refractivity contribution < 1.29 is 91.5 Å². The van der Waals surface area contributed by atoms with Crippen LogP contribution in [0.25, 0.3) is 0 Å². The summed E-state index contributed by atoms with van der Waals surface area (Å²) >= 11 is 0. The zero-order chi connectivity index (χ0) is 53.1. The molecule has 3 aromatic rings. The van der Waals surface area contributed by atoms with Crippen LogP contribution in [-0.2, 0) is 81.4 Å². The molecule has 3 fully saturated rings.